The van der Waals surface area contributed by atoms with Gasteiger partial charge in [-0.3, -0.25) is 9.48 Å². The van der Waals surface area contributed by atoms with Gasteiger partial charge in [0.15, 0.2) is 28.9 Å². The molecule has 0 spiro atoms. The van der Waals surface area contributed by atoms with Crippen molar-refractivity contribution in [3.63, 3.8) is 0 Å². The van der Waals surface area contributed by atoms with Crippen LogP contribution in [0.15, 0.2) is 42.7 Å². The molecule has 0 radical (unpaired) electrons. The molecule has 0 fully saturated rings. The Morgan fingerprint density at radius 3 is 2.41 bits per heavy atom. The van der Waals surface area contributed by atoms with Crippen LogP contribution in [0.2, 0.25) is 0 Å². The molecular formula is C24H26FN9O3. The number of anilines is 4. The van der Waals surface area contributed by atoms with Crippen LogP contribution in [0.1, 0.15) is 30.0 Å². The summed E-state index contributed by atoms with van der Waals surface area (Å²) < 4.78 is 21.8. The van der Waals surface area contributed by atoms with Gasteiger partial charge < -0.3 is 25.8 Å². The maximum absolute atomic E-state index is 14.7. The highest BCUT2D eigenvalue weighted by molar-refractivity contribution is 5.99. The number of amides is 1. The molecule has 1 amide bonds. The van der Waals surface area contributed by atoms with Gasteiger partial charge in [-0.2, -0.15) is 5.10 Å². The second-order valence-electron chi connectivity index (χ2n) is 8.52. The SMILES string of the molecule is CNC(=O)c1nnc(Nc2cc(C(C)(C)O)n(C)n2)cc1Nc1cc(F)cc(-c2ncccn2)c1OC. The molecule has 4 rings (SSSR count). The quantitative estimate of drug-likeness (QED) is 0.280. The van der Waals surface area contributed by atoms with Crippen LogP contribution in [-0.2, 0) is 12.6 Å². The van der Waals surface area contributed by atoms with Gasteiger partial charge in [0, 0.05) is 44.7 Å². The third kappa shape index (κ3) is 5.46. The van der Waals surface area contributed by atoms with Gasteiger partial charge >= 0.3 is 0 Å². The Morgan fingerprint density at radius 1 is 1.05 bits per heavy atom. The molecule has 3 aromatic heterocycles. The standard InChI is InChI=1S/C24H26FN9O3/c1-24(2,36)17-12-19(33-34(17)4)30-18-11-15(20(32-31-18)23(35)26-3)29-16-10-13(25)9-14(21(16)37-5)22-27-7-6-8-28-22/h6-12,36H,1-5H3,(H,26,35)(H2,29,30,31,33). The fourth-order valence-corrected chi connectivity index (χ4v) is 3.72. The van der Waals surface area contributed by atoms with Gasteiger partial charge in [-0.25, -0.2) is 14.4 Å². The summed E-state index contributed by atoms with van der Waals surface area (Å²) in [5, 5.41) is 31.4. The van der Waals surface area contributed by atoms with Crippen molar-refractivity contribution >= 4 is 28.9 Å². The Bertz CT molecular complexity index is 1440. The van der Waals surface area contributed by atoms with Crippen LogP contribution in [-0.4, -0.2) is 55.1 Å². The fraction of sp³-hybridized carbons (Fsp3) is 0.250. The number of hydrogen-bond acceptors (Lipinski definition) is 10. The second kappa shape index (κ2) is 10.1. The topological polar surface area (TPSA) is 152 Å². The number of aromatic nitrogens is 6. The van der Waals surface area contributed by atoms with E-state index in [-0.39, 0.29) is 34.5 Å². The predicted molar refractivity (Wildman–Crippen MR) is 134 cm³/mol. The molecule has 37 heavy (non-hydrogen) atoms. The van der Waals surface area contributed by atoms with Crippen molar-refractivity contribution in [2.45, 2.75) is 19.4 Å². The number of carbonyl (C=O) groups excluding carboxylic acids is 1. The van der Waals surface area contributed by atoms with E-state index >= 15 is 0 Å². The summed E-state index contributed by atoms with van der Waals surface area (Å²) in [7, 11) is 4.60. The first kappa shape index (κ1) is 25.4. The molecule has 0 saturated heterocycles. The largest absolute Gasteiger partial charge is 0.494 e. The molecule has 0 unspecified atom stereocenters. The maximum Gasteiger partial charge on any atom is 0.273 e. The molecule has 3 heterocycles. The number of carbonyl (C=O) groups is 1. The van der Waals surface area contributed by atoms with Gasteiger partial charge in [-0.1, -0.05) is 0 Å². The van der Waals surface area contributed by atoms with Crippen LogP contribution < -0.4 is 20.7 Å². The summed E-state index contributed by atoms with van der Waals surface area (Å²) in [6.45, 7) is 3.30. The smallest absolute Gasteiger partial charge is 0.273 e. The molecule has 12 nitrogen and oxygen atoms in total. The molecular weight excluding hydrogens is 481 g/mol. The molecule has 0 aliphatic carbocycles. The van der Waals surface area contributed by atoms with E-state index in [9.17, 15) is 14.3 Å². The van der Waals surface area contributed by atoms with Gasteiger partial charge in [0.25, 0.3) is 5.91 Å². The number of nitrogens with zero attached hydrogens (tertiary/aromatic N) is 6. The van der Waals surface area contributed by atoms with E-state index in [1.165, 1.54) is 44.8 Å². The predicted octanol–water partition coefficient (Wildman–Crippen LogP) is 2.89. The van der Waals surface area contributed by atoms with E-state index < -0.39 is 17.3 Å². The molecule has 4 N–H and O–H groups in total. The number of halogens is 1. The van der Waals surface area contributed by atoms with Crippen LogP contribution in [0.4, 0.5) is 27.4 Å². The highest BCUT2D eigenvalue weighted by Gasteiger charge is 2.23. The summed E-state index contributed by atoms with van der Waals surface area (Å²) >= 11 is 0. The van der Waals surface area contributed by atoms with E-state index in [1.54, 1.807) is 37.7 Å². The Labute approximate surface area is 211 Å². The lowest BCUT2D eigenvalue weighted by Crippen LogP contribution is -2.21. The van der Waals surface area contributed by atoms with Crippen LogP contribution in [0.25, 0.3) is 11.4 Å². The number of hydrogen-bond donors (Lipinski definition) is 4. The lowest BCUT2D eigenvalue weighted by atomic mass is 10.1. The number of benzene rings is 1. The summed E-state index contributed by atoms with van der Waals surface area (Å²) in [6, 6.07) is 7.33. The van der Waals surface area contributed by atoms with Crippen LogP contribution in [0.5, 0.6) is 5.75 Å². The van der Waals surface area contributed by atoms with Crippen molar-refractivity contribution in [3.8, 4) is 17.1 Å². The number of ether oxygens (including phenoxy) is 1. The van der Waals surface area contributed by atoms with Crippen LogP contribution >= 0.6 is 0 Å². The minimum atomic E-state index is -1.11. The van der Waals surface area contributed by atoms with Crippen molar-refractivity contribution in [2.75, 3.05) is 24.8 Å². The lowest BCUT2D eigenvalue weighted by molar-refractivity contribution is 0.0695. The maximum atomic E-state index is 14.7. The Morgan fingerprint density at radius 2 is 1.78 bits per heavy atom. The van der Waals surface area contributed by atoms with Gasteiger partial charge in [0.05, 0.1) is 29.7 Å². The molecule has 1 aromatic carbocycles. The zero-order valence-electron chi connectivity index (χ0n) is 20.9. The third-order valence-corrected chi connectivity index (χ3v) is 5.33. The first-order chi connectivity index (χ1) is 17.6. The summed E-state index contributed by atoms with van der Waals surface area (Å²) in [4.78, 5) is 20.9. The van der Waals surface area contributed by atoms with E-state index in [1.807, 2.05) is 0 Å². The first-order valence-corrected chi connectivity index (χ1v) is 11.2. The Balaban J connectivity index is 1.75. The van der Waals surface area contributed by atoms with Crippen molar-refractivity contribution in [1.82, 2.24) is 35.3 Å². The number of nitrogens with one attached hydrogen (secondary N) is 3. The highest BCUT2D eigenvalue weighted by atomic mass is 19.1. The monoisotopic (exact) mass is 507 g/mol. The average Bonchev–Trinajstić information content (AvgIpc) is 3.24. The molecule has 0 aliphatic heterocycles. The van der Waals surface area contributed by atoms with Crippen molar-refractivity contribution in [2.24, 2.45) is 7.05 Å². The molecule has 0 bridgehead atoms. The molecule has 13 heteroatoms. The summed E-state index contributed by atoms with van der Waals surface area (Å²) in [5.74, 6) is 0.102. The zero-order chi connectivity index (χ0) is 26.7. The van der Waals surface area contributed by atoms with E-state index in [0.717, 1.165) is 0 Å². The minimum absolute atomic E-state index is 0.0323. The Kier molecular flexibility index (Phi) is 6.98. The molecule has 192 valence electrons. The molecule has 0 aliphatic rings. The summed E-state index contributed by atoms with van der Waals surface area (Å²) in [5.41, 5.74) is 0.186. The fourth-order valence-electron chi connectivity index (χ4n) is 3.72. The van der Waals surface area contributed by atoms with E-state index in [4.69, 9.17) is 4.74 Å². The van der Waals surface area contributed by atoms with Gasteiger partial charge in [0.2, 0.25) is 0 Å². The van der Waals surface area contributed by atoms with Gasteiger partial charge in [-0.05, 0) is 26.0 Å². The Hall–Kier alpha value is -4.65. The normalized spacial score (nSPS) is 11.2. The third-order valence-electron chi connectivity index (χ3n) is 5.33. The number of methoxy groups -OCH3 is 1. The highest BCUT2D eigenvalue weighted by Crippen LogP contribution is 2.38. The zero-order valence-corrected chi connectivity index (χ0v) is 20.9. The van der Waals surface area contributed by atoms with Gasteiger partial charge in [0.1, 0.15) is 11.4 Å². The number of rotatable bonds is 8. The summed E-state index contributed by atoms with van der Waals surface area (Å²) in [6.07, 6.45) is 3.07. The molecule has 0 atom stereocenters. The second-order valence-corrected chi connectivity index (χ2v) is 8.52. The van der Waals surface area contributed by atoms with Crippen molar-refractivity contribution in [1.29, 1.82) is 0 Å². The van der Waals surface area contributed by atoms with Gasteiger partial charge in [-0.15, -0.1) is 10.2 Å². The average molecular weight is 508 g/mol. The van der Waals surface area contributed by atoms with Crippen molar-refractivity contribution < 1.29 is 19.0 Å². The molecule has 0 saturated carbocycles. The minimum Gasteiger partial charge on any atom is -0.494 e. The van der Waals surface area contributed by atoms with Crippen molar-refractivity contribution in [3.05, 3.63) is 59.9 Å². The lowest BCUT2D eigenvalue weighted by Gasteiger charge is -2.17. The molecule has 4 aromatic rings. The van der Waals surface area contributed by atoms with Crippen LogP contribution in [0.3, 0.4) is 0 Å². The number of aryl methyl sites for hydroxylation is 1. The van der Waals surface area contributed by atoms with E-state index in [2.05, 4.69) is 41.2 Å². The van der Waals surface area contributed by atoms with Crippen LogP contribution in [0, 0.1) is 5.82 Å². The van der Waals surface area contributed by atoms with E-state index in [0.29, 0.717) is 17.1 Å². The first-order valence-electron chi connectivity index (χ1n) is 11.2. The number of aliphatic hydroxyl groups is 1.